The summed E-state index contributed by atoms with van der Waals surface area (Å²) in [7, 11) is 3.54. The maximum Gasteiger partial charge on any atom is 0.109 e. The second-order valence-electron chi connectivity index (χ2n) is 2.53. The van der Waals surface area contributed by atoms with Crippen molar-refractivity contribution in [1.82, 2.24) is 4.90 Å². The van der Waals surface area contributed by atoms with Gasteiger partial charge in [0, 0.05) is 6.42 Å². The van der Waals surface area contributed by atoms with E-state index in [0.29, 0.717) is 6.42 Å². The van der Waals surface area contributed by atoms with Gasteiger partial charge in [0.2, 0.25) is 0 Å². The molecule has 0 amide bonds. The predicted octanol–water partition coefficient (Wildman–Crippen LogP) is -0.363. The fourth-order valence-electron chi connectivity index (χ4n) is 0.516. The molecule has 2 N–H and O–H groups in total. The van der Waals surface area contributed by atoms with Gasteiger partial charge in [-0.3, -0.25) is 4.90 Å². The Kier molecular flexibility index (Phi) is 3.77. The van der Waals surface area contributed by atoms with Crippen LogP contribution in [0.15, 0.2) is 0 Å². The molecule has 0 aromatic carbocycles. The van der Waals surface area contributed by atoms with Gasteiger partial charge in [-0.05, 0) is 21.0 Å². The van der Waals surface area contributed by atoms with Crippen LogP contribution in [0.3, 0.4) is 0 Å². The molecule has 3 heteroatoms. The maximum atomic E-state index is 9.06. The summed E-state index contributed by atoms with van der Waals surface area (Å²) in [6.45, 7) is 1.66. The lowest BCUT2D eigenvalue weighted by atomic mass is 10.2. The zero-order valence-corrected chi connectivity index (χ0v) is 6.20. The molecular weight excluding hydrogens is 118 g/mol. The number of nitrogens with zero attached hydrogens (tertiary/aromatic N) is 1. The molecule has 9 heavy (non-hydrogen) atoms. The summed E-state index contributed by atoms with van der Waals surface area (Å²) in [4.78, 5) is 1.66. The molecule has 0 aliphatic rings. The van der Waals surface area contributed by atoms with Crippen LogP contribution < -0.4 is 0 Å². The molecule has 0 saturated carbocycles. The molecule has 0 bridgehead atoms. The summed E-state index contributed by atoms with van der Waals surface area (Å²) in [5.41, 5.74) is 0. The number of hydrogen-bond donors (Lipinski definition) is 2. The van der Waals surface area contributed by atoms with Crippen molar-refractivity contribution in [2.24, 2.45) is 0 Å². The SMILES string of the molecule is CC(O)CC(O)N(C)C. The highest BCUT2D eigenvalue weighted by Gasteiger charge is 2.08. The molecular formula is C6H15NO2. The van der Waals surface area contributed by atoms with Crippen molar-refractivity contribution in [3.05, 3.63) is 0 Å². The lowest BCUT2D eigenvalue weighted by Crippen LogP contribution is -2.30. The summed E-state index contributed by atoms with van der Waals surface area (Å²) in [6, 6.07) is 0. The number of aliphatic hydroxyl groups excluding tert-OH is 2. The second kappa shape index (κ2) is 3.82. The molecule has 0 aliphatic carbocycles. The number of rotatable bonds is 3. The van der Waals surface area contributed by atoms with E-state index in [0.717, 1.165) is 0 Å². The summed E-state index contributed by atoms with van der Waals surface area (Å²) in [5.74, 6) is 0. The molecule has 0 radical (unpaired) electrons. The predicted molar refractivity (Wildman–Crippen MR) is 36.0 cm³/mol. The highest BCUT2D eigenvalue weighted by atomic mass is 16.3. The van der Waals surface area contributed by atoms with Gasteiger partial charge < -0.3 is 10.2 Å². The Hall–Kier alpha value is -0.120. The minimum Gasteiger partial charge on any atom is -0.393 e. The molecule has 0 saturated heterocycles. The van der Waals surface area contributed by atoms with Crippen molar-refractivity contribution in [1.29, 1.82) is 0 Å². The van der Waals surface area contributed by atoms with E-state index in [1.807, 2.05) is 0 Å². The molecule has 2 unspecified atom stereocenters. The zero-order valence-electron chi connectivity index (χ0n) is 6.20. The molecule has 0 aromatic heterocycles. The van der Waals surface area contributed by atoms with Crippen LogP contribution in [0.2, 0.25) is 0 Å². The first-order valence-electron chi connectivity index (χ1n) is 3.06. The van der Waals surface area contributed by atoms with Crippen LogP contribution in [0.1, 0.15) is 13.3 Å². The van der Waals surface area contributed by atoms with Crippen LogP contribution in [0.5, 0.6) is 0 Å². The Balaban J connectivity index is 3.38. The summed E-state index contributed by atoms with van der Waals surface area (Å²) >= 11 is 0. The van der Waals surface area contributed by atoms with E-state index in [1.165, 1.54) is 0 Å². The fraction of sp³-hybridized carbons (Fsp3) is 1.00. The molecule has 0 heterocycles. The summed E-state index contributed by atoms with van der Waals surface area (Å²) in [6.07, 6.45) is -0.542. The van der Waals surface area contributed by atoms with Gasteiger partial charge in [-0.2, -0.15) is 0 Å². The first-order valence-corrected chi connectivity index (χ1v) is 3.06. The van der Waals surface area contributed by atoms with Gasteiger partial charge in [0.1, 0.15) is 6.23 Å². The topological polar surface area (TPSA) is 43.7 Å². The lowest BCUT2D eigenvalue weighted by molar-refractivity contribution is 0.000447. The fourth-order valence-corrected chi connectivity index (χ4v) is 0.516. The molecule has 0 aliphatic heterocycles. The van der Waals surface area contributed by atoms with Crippen molar-refractivity contribution in [3.63, 3.8) is 0 Å². The largest absolute Gasteiger partial charge is 0.393 e. The minimum atomic E-state index is -0.523. The van der Waals surface area contributed by atoms with Gasteiger partial charge in [-0.15, -0.1) is 0 Å². The Morgan fingerprint density at radius 3 is 1.89 bits per heavy atom. The average molecular weight is 133 g/mol. The Bertz CT molecular complexity index is 73.5. The van der Waals surface area contributed by atoms with Crippen LogP contribution >= 0.6 is 0 Å². The van der Waals surface area contributed by atoms with Gasteiger partial charge in [0.15, 0.2) is 0 Å². The van der Waals surface area contributed by atoms with Crippen LogP contribution in [-0.4, -0.2) is 41.5 Å². The van der Waals surface area contributed by atoms with Crippen LogP contribution in [-0.2, 0) is 0 Å². The van der Waals surface area contributed by atoms with Gasteiger partial charge in [0.25, 0.3) is 0 Å². The van der Waals surface area contributed by atoms with Gasteiger partial charge in [0.05, 0.1) is 6.10 Å². The Labute approximate surface area is 55.9 Å². The Morgan fingerprint density at radius 2 is 1.78 bits per heavy atom. The minimum absolute atomic E-state index is 0.410. The van der Waals surface area contributed by atoms with Gasteiger partial charge >= 0.3 is 0 Å². The third-order valence-corrected chi connectivity index (χ3v) is 1.15. The molecule has 0 spiro atoms. The van der Waals surface area contributed by atoms with E-state index in [1.54, 1.807) is 25.9 Å². The van der Waals surface area contributed by atoms with Crippen molar-refractivity contribution in [3.8, 4) is 0 Å². The first-order chi connectivity index (χ1) is 4.04. The second-order valence-corrected chi connectivity index (χ2v) is 2.53. The molecule has 2 atom stereocenters. The monoisotopic (exact) mass is 133 g/mol. The highest BCUT2D eigenvalue weighted by Crippen LogP contribution is 1.98. The maximum absolute atomic E-state index is 9.06. The van der Waals surface area contributed by atoms with E-state index in [-0.39, 0.29) is 0 Å². The van der Waals surface area contributed by atoms with Crippen molar-refractivity contribution in [2.45, 2.75) is 25.7 Å². The van der Waals surface area contributed by atoms with Crippen LogP contribution in [0.4, 0.5) is 0 Å². The third-order valence-electron chi connectivity index (χ3n) is 1.15. The van der Waals surface area contributed by atoms with E-state index < -0.39 is 12.3 Å². The number of aliphatic hydroxyl groups is 2. The Morgan fingerprint density at radius 1 is 1.33 bits per heavy atom. The molecule has 0 rings (SSSR count). The molecule has 0 fully saturated rings. The van der Waals surface area contributed by atoms with E-state index >= 15 is 0 Å². The molecule has 0 aromatic rings. The van der Waals surface area contributed by atoms with Crippen molar-refractivity contribution in [2.75, 3.05) is 14.1 Å². The van der Waals surface area contributed by atoms with Crippen LogP contribution in [0, 0.1) is 0 Å². The quantitative estimate of drug-likeness (QED) is 0.517. The van der Waals surface area contributed by atoms with E-state index in [4.69, 9.17) is 10.2 Å². The van der Waals surface area contributed by atoms with Crippen molar-refractivity contribution < 1.29 is 10.2 Å². The van der Waals surface area contributed by atoms with E-state index in [9.17, 15) is 0 Å². The van der Waals surface area contributed by atoms with Crippen molar-refractivity contribution >= 4 is 0 Å². The normalized spacial score (nSPS) is 18.0. The van der Waals surface area contributed by atoms with E-state index in [2.05, 4.69) is 0 Å². The highest BCUT2D eigenvalue weighted by molar-refractivity contribution is 4.55. The zero-order chi connectivity index (χ0) is 7.44. The number of hydrogen-bond acceptors (Lipinski definition) is 3. The molecule has 56 valence electrons. The summed E-state index contributed by atoms with van der Waals surface area (Å²) in [5, 5.41) is 17.8. The third kappa shape index (κ3) is 4.39. The van der Waals surface area contributed by atoms with Crippen LogP contribution in [0.25, 0.3) is 0 Å². The average Bonchev–Trinajstić information content (AvgIpc) is 1.63. The smallest absolute Gasteiger partial charge is 0.109 e. The standard InChI is InChI=1S/C6H15NO2/c1-5(8)4-6(9)7(2)3/h5-6,8-9H,4H2,1-3H3. The first kappa shape index (κ1) is 8.88. The molecule has 3 nitrogen and oxygen atoms in total. The van der Waals surface area contributed by atoms with Gasteiger partial charge in [-0.1, -0.05) is 0 Å². The summed E-state index contributed by atoms with van der Waals surface area (Å²) < 4.78 is 0. The lowest BCUT2D eigenvalue weighted by Gasteiger charge is -2.19. The van der Waals surface area contributed by atoms with Gasteiger partial charge in [-0.25, -0.2) is 0 Å².